The van der Waals surface area contributed by atoms with Gasteiger partial charge in [-0.2, -0.15) is 13.2 Å². The summed E-state index contributed by atoms with van der Waals surface area (Å²) in [4.78, 5) is 12.1. The number of rotatable bonds is 9. The van der Waals surface area contributed by atoms with Crippen molar-refractivity contribution < 1.29 is 27.8 Å². The molecule has 0 heterocycles. The molecule has 0 saturated heterocycles. The highest BCUT2D eigenvalue weighted by molar-refractivity contribution is 5.66. The predicted octanol–water partition coefficient (Wildman–Crippen LogP) is 1.75. The first-order valence-corrected chi connectivity index (χ1v) is 5.36. The summed E-state index contributed by atoms with van der Waals surface area (Å²) in [5.41, 5.74) is 0. The van der Waals surface area contributed by atoms with E-state index in [1.54, 1.807) is 7.05 Å². The van der Waals surface area contributed by atoms with Crippen LogP contribution in [0.25, 0.3) is 0 Å². The molecular weight excluding hydrogens is 239 g/mol. The second kappa shape index (κ2) is 8.30. The number of hydrogen-bond donors (Lipinski definition) is 1. The van der Waals surface area contributed by atoms with Crippen LogP contribution in [0.1, 0.15) is 19.3 Å². The number of ether oxygens (including phenoxy) is 1. The third kappa shape index (κ3) is 13.1. The summed E-state index contributed by atoms with van der Waals surface area (Å²) in [5, 5.41) is 8.40. The van der Waals surface area contributed by atoms with Gasteiger partial charge in [0.05, 0.1) is 0 Å². The van der Waals surface area contributed by atoms with Crippen molar-refractivity contribution in [1.82, 2.24) is 4.90 Å². The summed E-state index contributed by atoms with van der Waals surface area (Å²) < 4.78 is 39.5. The maximum atomic E-state index is 11.7. The van der Waals surface area contributed by atoms with E-state index in [4.69, 9.17) is 5.11 Å². The minimum absolute atomic E-state index is 0.0583. The first-order chi connectivity index (χ1) is 7.81. The van der Waals surface area contributed by atoms with E-state index in [0.717, 1.165) is 0 Å². The van der Waals surface area contributed by atoms with E-state index in [-0.39, 0.29) is 13.0 Å². The molecule has 1 N–H and O–H groups in total. The van der Waals surface area contributed by atoms with Crippen LogP contribution < -0.4 is 0 Å². The molecule has 0 spiro atoms. The van der Waals surface area contributed by atoms with E-state index < -0.39 is 18.8 Å². The van der Waals surface area contributed by atoms with E-state index in [9.17, 15) is 18.0 Å². The van der Waals surface area contributed by atoms with Crippen molar-refractivity contribution in [2.24, 2.45) is 0 Å². The van der Waals surface area contributed by atoms with Gasteiger partial charge < -0.3 is 14.7 Å². The molecule has 0 aromatic carbocycles. The topological polar surface area (TPSA) is 49.8 Å². The van der Waals surface area contributed by atoms with Gasteiger partial charge in [0, 0.05) is 19.6 Å². The molecule has 0 saturated carbocycles. The molecule has 7 heteroatoms. The number of hydrogen-bond acceptors (Lipinski definition) is 3. The zero-order valence-corrected chi connectivity index (χ0v) is 9.79. The van der Waals surface area contributed by atoms with E-state index in [1.807, 2.05) is 4.90 Å². The highest BCUT2D eigenvalue weighted by Crippen LogP contribution is 2.14. The van der Waals surface area contributed by atoms with Crippen LogP contribution in [0.4, 0.5) is 13.2 Å². The van der Waals surface area contributed by atoms with Crippen LogP contribution in [0, 0.1) is 0 Å². The fourth-order valence-electron chi connectivity index (χ4n) is 1.24. The van der Waals surface area contributed by atoms with Crippen LogP contribution in [0.15, 0.2) is 0 Å². The molecule has 0 amide bonds. The smallest absolute Gasteiger partial charge is 0.411 e. The van der Waals surface area contributed by atoms with Gasteiger partial charge in [0.2, 0.25) is 0 Å². The van der Waals surface area contributed by atoms with Gasteiger partial charge in [0.25, 0.3) is 0 Å². The van der Waals surface area contributed by atoms with Gasteiger partial charge >= 0.3 is 12.1 Å². The number of halogens is 3. The molecule has 0 radical (unpaired) electrons. The Labute approximate surface area is 98.3 Å². The Morgan fingerprint density at radius 2 is 1.88 bits per heavy atom. The van der Waals surface area contributed by atoms with Crippen molar-refractivity contribution in [2.45, 2.75) is 25.4 Å². The first kappa shape index (κ1) is 16.2. The van der Waals surface area contributed by atoms with Gasteiger partial charge in [-0.25, -0.2) is 0 Å². The van der Waals surface area contributed by atoms with Gasteiger partial charge in [-0.1, -0.05) is 0 Å². The molecule has 4 nitrogen and oxygen atoms in total. The molecule has 17 heavy (non-hydrogen) atoms. The van der Waals surface area contributed by atoms with E-state index in [0.29, 0.717) is 25.9 Å². The first-order valence-electron chi connectivity index (χ1n) is 5.36. The van der Waals surface area contributed by atoms with Crippen LogP contribution in [0.3, 0.4) is 0 Å². The number of nitrogens with zero attached hydrogens (tertiary/aromatic N) is 1. The Morgan fingerprint density at radius 3 is 2.41 bits per heavy atom. The summed E-state index contributed by atoms with van der Waals surface area (Å²) in [5.74, 6) is -0.841. The third-order valence-electron chi connectivity index (χ3n) is 2.02. The molecule has 0 bridgehead atoms. The Kier molecular flexibility index (Phi) is 7.90. The largest absolute Gasteiger partial charge is 0.481 e. The Morgan fingerprint density at radius 1 is 1.29 bits per heavy atom. The van der Waals surface area contributed by atoms with Crippen molar-refractivity contribution in [3.8, 4) is 0 Å². The van der Waals surface area contributed by atoms with Crippen molar-refractivity contribution in [3.63, 3.8) is 0 Å². The lowest BCUT2D eigenvalue weighted by Gasteiger charge is -2.16. The van der Waals surface area contributed by atoms with Crippen LogP contribution in [-0.4, -0.2) is 55.5 Å². The standard InChI is InChI=1S/C10H18F3NO3/c1-14(5-2-4-9(15)16)6-3-7-17-8-10(11,12)13/h2-8H2,1H3,(H,15,16). The highest BCUT2D eigenvalue weighted by Gasteiger charge is 2.27. The maximum Gasteiger partial charge on any atom is 0.411 e. The fourth-order valence-corrected chi connectivity index (χ4v) is 1.24. The van der Waals surface area contributed by atoms with Gasteiger partial charge in [-0.15, -0.1) is 0 Å². The van der Waals surface area contributed by atoms with Gasteiger partial charge in [-0.05, 0) is 26.4 Å². The summed E-state index contributed by atoms with van der Waals surface area (Å²) >= 11 is 0. The van der Waals surface area contributed by atoms with E-state index >= 15 is 0 Å². The SMILES string of the molecule is CN(CCCOCC(F)(F)F)CCCC(=O)O. The highest BCUT2D eigenvalue weighted by atomic mass is 19.4. The predicted molar refractivity (Wildman–Crippen MR) is 55.9 cm³/mol. The van der Waals surface area contributed by atoms with E-state index in [1.165, 1.54) is 0 Å². The molecular formula is C10H18F3NO3. The molecule has 0 fully saturated rings. The Hall–Kier alpha value is -0.820. The van der Waals surface area contributed by atoms with Crippen molar-refractivity contribution >= 4 is 5.97 Å². The zero-order valence-electron chi connectivity index (χ0n) is 9.79. The zero-order chi connectivity index (χ0) is 13.3. The molecule has 102 valence electrons. The average Bonchev–Trinajstić information content (AvgIpc) is 2.14. The lowest BCUT2D eigenvalue weighted by Crippen LogP contribution is -2.23. The minimum Gasteiger partial charge on any atom is -0.481 e. The minimum atomic E-state index is -4.27. The lowest BCUT2D eigenvalue weighted by atomic mass is 10.3. The number of carbonyl (C=O) groups is 1. The summed E-state index contributed by atoms with van der Waals surface area (Å²) in [6.45, 7) is 0.0571. The van der Waals surface area contributed by atoms with Gasteiger partial charge in [-0.3, -0.25) is 4.79 Å². The third-order valence-corrected chi connectivity index (χ3v) is 2.02. The molecule has 0 unspecified atom stereocenters. The quantitative estimate of drug-likeness (QED) is 0.639. The van der Waals surface area contributed by atoms with Gasteiger partial charge in [0.15, 0.2) is 0 Å². The van der Waals surface area contributed by atoms with Crippen LogP contribution >= 0.6 is 0 Å². The molecule has 0 rings (SSSR count). The van der Waals surface area contributed by atoms with Crippen LogP contribution in [0.2, 0.25) is 0 Å². The fraction of sp³-hybridized carbons (Fsp3) is 0.900. The summed E-state index contributed by atoms with van der Waals surface area (Å²) in [6.07, 6.45) is -3.13. The van der Waals surface area contributed by atoms with Crippen molar-refractivity contribution in [2.75, 3.05) is 33.4 Å². The average molecular weight is 257 g/mol. The summed E-state index contributed by atoms with van der Waals surface area (Å²) in [7, 11) is 1.80. The normalized spacial score (nSPS) is 12.1. The molecule has 0 aromatic rings. The maximum absolute atomic E-state index is 11.7. The molecule has 0 aliphatic carbocycles. The molecule has 0 atom stereocenters. The second-order valence-electron chi connectivity index (χ2n) is 3.82. The van der Waals surface area contributed by atoms with Gasteiger partial charge in [0.1, 0.15) is 6.61 Å². The number of carboxylic acid groups (broad SMARTS) is 1. The Balaban J connectivity index is 3.33. The second-order valence-corrected chi connectivity index (χ2v) is 3.82. The van der Waals surface area contributed by atoms with Crippen molar-refractivity contribution in [1.29, 1.82) is 0 Å². The van der Waals surface area contributed by atoms with Crippen LogP contribution in [0.5, 0.6) is 0 Å². The molecule has 0 aliphatic heterocycles. The monoisotopic (exact) mass is 257 g/mol. The van der Waals surface area contributed by atoms with Crippen molar-refractivity contribution in [3.05, 3.63) is 0 Å². The van der Waals surface area contributed by atoms with E-state index in [2.05, 4.69) is 4.74 Å². The summed E-state index contributed by atoms with van der Waals surface area (Å²) in [6, 6.07) is 0. The number of aliphatic carboxylic acids is 1. The molecule has 0 aromatic heterocycles. The number of alkyl halides is 3. The molecule has 0 aliphatic rings. The number of carboxylic acids is 1. The Bertz CT molecular complexity index is 221. The van der Waals surface area contributed by atoms with Crippen LogP contribution in [-0.2, 0) is 9.53 Å². The lowest BCUT2D eigenvalue weighted by molar-refractivity contribution is -0.174.